The molecule has 19 heavy (non-hydrogen) atoms. The summed E-state index contributed by atoms with van der Waals surface area (Å²) >= 11 is 0. The van der Waals surface area contributed by atoms with Crippen molar-refractivity contribution in [2.75, 3.05) is 0 Å². The fourth-order valence-electron chi connectivity index (χ4n) is 3.00. The van der Waals surface area contributed by atoms with Crippen LogP contribution >= 0.6 is 0 Å². The van der Waals surface area contributed by atoms with E-state index in [1.807, 2.05) is 12.1 Å². The number of hydrogen-bond donors (Lipinski definition) is 1. The molecule has 1 saturated carbocycles. The van der Waals surface area contributed by atoms with Gasteiger partial charge in [0.15, 0.2) is 0 Å². The molecule has 0 bridgehead atoms. The average Bonchev–Trinajstić information content (AvgIpc) is 3.02. The van der Waals surface area contributed by atoms with Gasteiger partial charge in [0, 0.05) is 0 Å². The molecular weight excluding hydrogens is 236 g/mol. The Labute approximate surface area is 114 Å². The fourth-order valence-corrected chi connectivity index (χ4v) is 3.00. The largest absolute Gasteiger partial charge is 0.466 e. The van der Waals surface area contributed by atoms with Gasteiger partial charge in [-0.15, -0.1) is 0 Å². The number of furan rings is 1. The van der Waals surface area contributed by atoms with Crippen LogP contribution < -0.4 is 0 Å². The molecule has 2 heteroatoms. The summed E-state index contributed by atoms with van der Waals surface area (Å²) in [7, 11) is 0. The lowest BCUT2D eigenvalue weighted by Gasteiger charge is -2.22. The molecule has 0 radical (unpaired) electrons. The van der Waals surface area contributed by atoms with Crippen LogP contribution in [0.4, 0.5) is 0 Å². The van der Waals surface area contributed by atoms with Gasteiger partial charge < -0.3 is 9.52 Å². The highest BCUT2D eigenvalue weighted by molar-refractivity contribution is 5.30. The van der Waals surface area contributed by atoms with E-state index in [4.69, 9.17) is 4.42 Å². The minimum absolute atomic E-state index is 0.602. The van der Waals surface area contributed by atoms with E-state index in [9.17, 15) is 5.11 Å². The quantitative estimate of drug-likeness (QED) is 0.882. The van der Waals surface area contributed by atoms with Crippen molar-refractivity contribution in [3.05, 3.63) is 59.5 Å². The molecule has 0 amide bonds. The predicted octanol–water partition coefficient (Wildman–Crippen LogP) is 4.41. The summed E-state index contributed by atoms with van der Waals surface area (Å²) in [6.07, 6.45) is 7.62. The number of hydrogen-bond acceptors (Lipinski definition) is 2. The molecule has 1 aliphatic rings. The fraction of sp³-hybridized carbons (Fsp3) is 0.412. The Morgan fingerprint density at radius 1 is 1.00 bits per heavy atom. The van der Waals surface area contributed by atoms with Crippen LogP contribution in [0.15, 0.2) is 47.1 Å². The summed E-state index contributed by atoms with van der Waals surface area (Å²) in [5, 5.41) is 10.2. The minimum Gasteiger partial charge on any atom is -0.466 e. The first-order valence-electron chi connectivity index (χ1n) is 7.16. The van der Waals surface area contributed by atoms with Crippen LogP contribution in [0.3, 0.4) is 0 Å². The third kappa shape index (κ3) is 2.74. The molecular formula is C17H20O2. The third-order valence-electron chi connectivity index (χ3n) is 4.14. The van der Waals surface area contributed by atoms with Gasteiger partial charge in [-0.05, 0) is 42.0 Å². The Morgan fingerprint density at radius 3 is 2.37 bits per heavy atom. The molecule has 1 aromatic heterocycles. The second-order valence-electron chi connectivity index (χ2n) is 5.42. The van der Waals surface area contributed by atoms with Gasteiger partial charge in [-0.3, -0.25) is 0 Å². The van der Waals surface area contributed by atoms with E-state index in [0.717, 1.165) is 5.56 Å². The molecule has 1 N–H and O–H groups in total. The Hall–Kier alpha value is -1.54. The summed E-state index contributed by atoms with van der Waals surface area (Å²) in [6, 6.07) is 12.0. The van der Waals surface area contributed by atoms with Crippen LogP contribution in [0.1, 0.15) is 61.0 Å². The van der Waals surface area contributed by atoms with E-state index >= 15 is 0 Å². The molecule has 2 nitrogen and oxygen atoms in total. The molecule has 1 heterocycles. The maximum Gasteiger partial charge on any atom is 0.137 e. The lowest BCUT2D eigenvalue weighted by Crippen LogP contribution is -2.05. The van der Waals surface area contributed by atoms with Gasteiger partial charge in [-0.25, -0.2) is 0 Å². The molecule has 3 rings (SSSR count). The van der Waals surface area contributed by atoms with Gasteiger partial charge in [0.1, 0.15) is 11.9 Å². The molecule has 1 atom stereocenters. The first-order chi connectivity index (χ1) is 9.34. The molecule has 1 aromatic carbocycles. The zero-order valence-electron chi connectivity index (χ0n) is 11.1. The van der Waals surface area contributed by atoms with Gasteiger partial charge in [0.25, 0.3) is 0 Å². The van der Waals surface area contributed by atoms with E-state index in [0.29, 0.717) is 11.7 Å². The zero-order valence-corrected chi connectivity index (χ0v) is 11.1. The van der Waals surface area contributed by atoms with Crippen molar-refractivity contribution in [1.82, 2.24) is 0 Å². The van der Waals surface area contributed by atoms with Crippen LogP contribution in [-0.2, 0) is 0 Å². The first kappa shape index (κ1) is 12.5. The van der Waals surface area contributed by atoms with Crippen LogP contribution in [0, 0.1) is 0 Å². The molecule has 0 aliphatic heterocycles. The second kappa shape index (κ2) is 5.62. The third-order valence-corrected chi connectivity index (χ3v) is 4.14. The Bertz CT molecular complexity index is 493. The summed E-state index contributed by atoms with van der Waals surface area (Å²) in [5.41, 5.74) is 2.31. The molecule has 100 valence electrons. The number of aliphatic hydroxyl groups excluding tert-OH is 1. The molecule has 1 fully saturated rings. The van der Waals surface area contributed by atoms with Crippen LogP contribution in [0.5, 0.6) is 0 Å². The highest BCUT2D eigenvalue weighted by atomic mass is 16.4. The second-order valence-corrected chi connectivity index (χ2v) is 5.42. The van der Waals surface area contributed by atoms with Crippen molar-refractivity contribution in [2.45, 2.75) is 44.1 Å². The van der Waals surface area contributed by atoms with Crippen molar-refractivity contribution >= 4 is 0 Å². The Balaban J connectivity index is 1.75. The van der Waals surface area contributed by atoms with Crippen LogP contribution in [0.2, 0.25) is 0 Å². The van der Waals surface area contributed by atoms with Crippen LogP contribution in [0.25, 0.3) is 0 Å². The number of benzene rings is 1. The Morgan fingerprint density at radius 2 is 1.74 bits per heavy atom. The van der Waals surface area contributed by atoms with Crippen molar-refractivity contribution < 1.29 is 9.52 Å². The highest BCUT2D eigenvalue weighted by Gasteiger charge is 2.17. The van der Waals surface area contributed by atoms with Crippen molar-refractivity contribution in [3.63, 3.8) is 0 Å². The van der Waals surface area contributed by atoms with Gasteiger partial charge >= 0.3 is 0 Å². The van der Waals surface area contributed by atoms with E-state index in [1.165, 1.54) is 37.7 Å². The standard InChI is InChI=1S/C17H20O2/c18-17(16-7-4-12-19-16)15-10-8-14(9-11-15)13-5-2-1-3-6-13/h4,7-13,17-18H,1-3,5-6H2. The number of aliphatic hydroxyl groups is 1. The first-order valence-corrected chi connectivity index (χ1v) is 7.16. The summed E-state index contributed by atoms with van der Waals surface area (Å²) in [5.74, 6) is 1.31. The van der Waals surface area contributed by atoms with E-state index in [-0.39, 0.29) is 0 Å². The van der Waals surface area contributed by atoms with Gasteiger partial charge in [-0.1, -0.05) is 43.5 Å². The summed E-state index contributed by atoms with van der Waals surface area (Å²) in [6.45, 7) is 0. The molecule has 1 aliphatic carbocycles. The molecule has 2 aromatic rings. The van der Waals surface area contributed by atoms with Crippen LogP contribution in [-0.4, -0.2) is 5.11 Å². The van der Waals surface area contributed by atoms with Crippen molar-refractivity contribution in [2.24, 2.45) is 0 Å². The Kier molecular flexibility index (Phi) is 3.69. The SMILES string of the molecule is OC(c1ccc(C2CCCCC2)cc1)c1ccco1. The zero-order chi connectivity index (χ0) is 13.1. The summed E-state index contributed by atoms with van der Waals surface area (Å²) in [4.78, 5) is 0. The molecule has 0 saturated heterocycles. The lowest BCUT2D eigenvalue weighted by molar-refractivity contribution is 0.189. The highest BCUT2D eigenvalue weighted by Crippen LogP contribution is 2.33. The van der Waals surface area contributed by atoms with Gasteiger partial charge in [0.2, 0.25) is 0 Å². The topological polar surface area (TPSA) is 33.4 Å². The summed E-state index contributed by atoms with van der Waals surface area (Å²) < 4.78 is 5.25. The number of rotatable bonds is 3. The maximum atomic E-state index is 10.2. The smallest absolute Gasteiger partial charge is 0.137 e. The van der Waals surface area contributed by atoms with Crippen molar-refractivity contribution in [3.8, 4) is 0 Å². The predicted molar refractivity (Wildman–Crippen MR) is 75.0 cm³/mol. The van der Waals surface area contributed by atoms with Crippen molar-refractivity contribution in [1.29, 1.82) is 0 Å². The molecule has 0 spiro atoms. The monoisotopic (exact) mass is 256 g/mol. The average molecular weight is 256 g/mol. The normalized spacial score (nSPS) is 18.4. The van der Waals surface area contributed by atoms with Gasteiger partial charge in [-0.2, -0.15) is 0 Å². The maximum absolute atomic E-state index is 10.2. The lowest BCUT2D eigenvalue weighted by atomic mass is 9.84. The molecule has 1 unspecified atom stereocenters. The van der Waals surface area contributed by atoms with E-state index in [2.05, 4.69) is 12.1 Å². The van der Waals surface area contributed by atoms with E-state index < -0.39 is 6.10 Å². The van der Waals surface area contributed by atoms with E-state index in [1.54, 1.807) is 18.4 Å². The van der Waals surface area contributed by atoms with Gasteiger partial charge in [0.05, 0.1) is 6.26 Å². The minimum atomic E-state index is -0.657.